The maximum Gasteiger partial charge on any atom is 0.218 e. The Balaban J connectivity index is 1.95. The van der Waals surface area contributed by atoms with Crippen molar-refractivity contribution in [2.24, 2.45) is 10.7 Å². The molecule has 0 aliphatic carbocycles. The highest BCUT2D eigenvalue weighted by Crippen LogP contribution is 2.17. The van der Waals surface area contributed by atoms with Gasteiger partial charge in [0.2, 0.25) is 5.88 Å². The van der Waals surface area contributed by atoms with E-state index in [1.165, 1.54) is 0 Å². The molecule has 24 heavy (non-hydrogen) atoms. The molecule has 6 heteroatoms. The number of guanidine groups is 1. The summed E-state index contributed by atoms with van der Waals surface area (Å²) in [5.41, 5.74) is 7.87. The van der Waals surface area contributed by atoms with E-state index in [0.29, 0.717) is 31.6 Å². The highest BCUT2D eigenvalue weighted by atomic mass is 16.5. The summed E-state index contributed by atoms with van der Waals surface area (Å²) in [6, 6.07) is 13.9. The van der Waals surface area contributed by atoms with E-state index >= 15 is 0 Å². The zero-order chi connectivity index (χ0) is 17.2. The van der Waals surface area contributed by atoms with Crippen molar-refractivity contribution >= 4 is 5.96 Å². The second kappa shape index (κ2) is 9.52. The van der Waals surface area contributed by atoms with Crippen LogP contribution in [0.25, 0.3) is 0 Å². The fourth-order valence-electron chi connectivity index (χ4n) is 2.16. The smallest absolute Gasteiger partial charge is 0.218 e. The average Bonchev–Trinajstić information content (AvgIpc) is 2.60. The van der Waals surface area contributed by atoms with Gasteiger partial charge in [-0.2, -0.15) is 0 Å². The van der Waals surface area contributed by atoms with E-state index in [-0.39, 0.29) is 6.04 Å². The largest absolute Gasteiger partial charge is 0.473 e. The van der Waals surface area contributed by atoms with Gasteiger partial charge < -0.3 is 20.5 Å². The van der Waals surface area contributed by atoms with Crippen molar-refractivity contribution in [3.8, 4) is 5.88 Å². The molecular weight excluding hydrogens is 304 g/mol. The molecule has 2 aromatic rings. The predicted octanol–water partition coefficient (Wildman–Crippen LogP) is 2.10. The van der Waals surface area contributed by atoms with Crippen LogP contribution in [0.5, 0.6) is 5.88 Å². The fraction of sp³-hybridized carbons (Fsp3) is 0.333. The summed E-state index contributed by atoms with van der Waals surface area (Å²) in [5.74, 6) is 0.945. The van der Waals surface area contributed by atoms with Gasteiger partial charge in [0.05, 0.1) is 13.2 Å². The van der Waals surface area contributed by atoms with Crippen molar-refractivity contribution in [3.05, 3.63) is 59.8 Å². The predicted molar refractivity (Wildman–Crippen MR) is 94.8 cm³/mol. The molecule has 2 rings (SSSR count). The summed E-state index contributed by atoms with van der Waals surface area (Å²) in [7, 11) is 1.65. The summed E-state index contributed by atoms with van der Waals surface area (Å²) >= 11 is 0. The molecule has 0 bridgehead atoms. The first-order valence-electron chi connectivity index (χ1n) is 7.85. The van der Waals surface area contributed by atoms with E-state index < -0.39 is 0 Å². The average molecular weight is 328 g/mol. The summed E-state index contributed by atoms with van der Waals surface area (Å²) in [6.45, 7) is 3.41. The number of nitrogens with two attached hydrogens (primary N) is 1. The number of methoxy groups -OCH3 is 1. The maximum atomic E-state index is 5.89. The van der Waals surface area contributed by atoms with Crippen LogP contribution in [0.1, 0.15) is 18.1 Å². The number of aromatic nitrogens is 1. The number of ether oxygens (including phenoxy) is 2. The molecule has 0 aliphatic heterocycles. The van der Waals surface area contributed by atoms with E-state index in [9.17, 15) is 0 Å². The SMILES string of the molecule is COCC(C)NC(N)=NCc1cccnc1OCc1ccccc1. The van der Waals surface area contributed by atoms with Gasteiger partial charge in [-0.15, -0.1) is 0 Å². The number of nitrogens with one attached hydrogen (secondary N) is 1. The summed E-state index contributed by atoms with van der Waals surface area (Å²) < 4.78 is 10.9. The lowest BCUT2D eigenvalue weighted by Crippen LogP contribution is -2.40. The Bertz CT molecular complexity index is 646. The van der Waals surface area contributed by atoms with Gasteiger partial charge in [-0.3, -0.25) is 0 Å². The molecule has 0 saturated heterocycles. The van der Waals surface area contributed by atoms with Gasteiger partial charge in [0, 0.05) is 24.9 Å². The van der Waals surface area contributed by atoms with Crippen molar-refractivity contribution < 1.29 is 9.47 Å². The zero-order valence-electron chi connectivity index (χ0n) is 14.1. The van der Waals surface area contributed by atoms with Gasteiger partial charge in [0.15, 0.2) is 5.96 Å². The molecule has 0 spiro atoms. The zero-order valence-corrected chi connectivity index (χ0v) is 14.1. The van der Waals surface area contributed by atoms with Gasteiger partial charge >= 0.3 is 0 Å². The Morgan fingerprint density at radius 3 is 2.79 bits per heavy atom. The molecule has 3 N–H and O–H groups in total. The van der Waals surface area contributed by atoms with E-state index in [1.807, 2.05) is 49.4 Å². The van der Waals surface area contributed by atoms with Gasteiger partial charge in [0.25, 0.3) is 0 Å². The van der Waals surface area contributed by atoms with Crippen LogP contribution in [0.2, 0.25) is 0 Å². The lowest BCUT2D eigenvalue weighted by molar-refractivity contribution is 0.179. The fourth-order valence-corrected chi connectivity index (χ4v) is 2.16. The molecule has 0 saturated carbocycles. The number of pyridine rings is 1. The first-order valence-corrected chi connectivity index (χ1v) is 7.85. The first-order chi connectivity index (χ1) is 11.7. The Hall–Kier alpha value is -2.60. The third-order valence-corrected chi connectivity index (χ3v) is 3.30. The first kappa shape index (κ1) is 17.7. The van der Waals surface area contributed by atoms with Crippen molar-refractivity contribution in [1.29, 1.82) is 0 Å². The van der Waals surface area contributed by atoms with Crippen molar-refractivity contribution in [2.75, 3.05) is 13.7 Å². The Morgan fingerprint density at radius 2 is 2.04 bits per heavy atom. The number of rotatable bonds is 8. The number of nitrogens with zero attached hydrogens (tertiary/aromatic N) is 2. The van der Waals surface area contributed by atoms with E-state index in [4.69, 9.17) is 15.2 Å². The molecule has 1 heterocycles. The summed E-state index contributed by atoms with van der Waals surface area (Å²) in [4.78, 5) is 8.63. The molecule has 0 aliphatic rings. The lowest BCUT2D eigenvalue weighted by atomic mass is 10.2. The van der Waals surface area contributed by atoms with E-state index in [0.717, 1.165) is 11.1 Å². The van der Waals surface area contributed by atoms with Crippen LogP contribution in [-0.4, -0.2) is 30.7 Å². The summed E-state index contributed by atoms with van der Waals surface area (Å²) in [5, 5.41) is 3.07. The van der Waals surface area contributed by atoms with E-state index in [2.05, 4.69) is 15.3 Å². The van der Waals surface area contributed by atoms with Crippen molar-refractivity contribution in [3.63, 3.8) is 0 Å². The molecule has 0 fully saturated rings. The maximum absolute atomic E-state index is 5.89. The molecule has 1 atom stereocenters. The van der Waals surface area contributed by atoms with Crippen LogP contribution in [-0.2, 0) is 17.9 Å². The third-order valence-electron chi connectivity index (χ3n) is 3.30. The van der Waals surface area contributed by atoms with Gasteiger partial charge in [-0.05, 0) is 18.6 Å². The Kier molecular flexibility index (Phi) is 7.04. The normalized spacial score (nSPS) is 12.7. The topological polar surface area (TPSA) is 81.8 Å². The Labute approximate surface area is 142 Å². The second-order valence-electron chi connectivity index (χ2n) is 5.44. The number of hydrogen-bond acceptors (Lipinski definition) is 4. The molecule has 1 aromatic carbocycles. The minimum absolute atomic E-state index is 0.0986. The standard InChI is InChI=1S/C18H24N4O2/c1-14(12-23-2)22-18(19)21-11-16-9-6-10-20-17(16)24-13-15-7-4-3-5-8-15/h3-10,14H,11-13H2,1-2H3,(H3,19,21,22). The van der Waals surface area contributed by atoms with Crippen LogP contribution in [0, 0.1) is 0 Å². The lowest BCUT2D eigenvalue weighted by Gasteiger charge is -2.13. The van der Waals surface area contributed by atoms with Gasteiger partial charge in [0.1, 0.15) is 6.61 Å². The van der Waals surface area contributed by atoms with Crippen molar-refractivity contribution in [2.45, 2.75) is 26.1 Å². The Morgan fingerprint density at radius 1 is 1.25 bits per heavy atom. The second-order valence-corrected chi connectivity index (χ2v) is 5.44. The van der Waals surface area contributed by atoms with Crippen molar-refractivity contribution in [1.82, 2.24) is 10.3 Å². The third kappa shape index (κ3) is 5.89. The van der Waals surface area contributed by atoms with Crippen LogP contribution in [0.3, 0.4) is 0 Å². The number of benzene rings is 1. The highest BCUT2D eigenvalue weighted by Gasteiger charge is 2.06. The van der Waals surface area contributed by atoms with Crippen LogP contribution < -0.4 is 15.8 Å². The minimum atomic E-state index is 0.0986. The van der Waals surface area contributed by atoms with Crippen LogP contribution in [0.4, 0.5) is 0 Å². The van der Waals surface area contributed by atoms with E-state index in [1.54, 1.807) is 13.3 Å². The van der Waals surface area contributed by atoms with Crippen LogP contribution in [0.15, 0.2) is 53.7 Å². The molecule has 1 unspecified atom stereocenters. The van der Waals surface area contributed by atoms with Gasteiger partial charge in [-0.25, -0.2) is 9.98 Å². The monoisotopic (exact) mass is 328 g/mol. The number of aliphatic imine (C=N–C) groups is 1. The molecule has 1 aromatic heterocycles. The molecule has 0 radical (unpaired) electrons. The minimum Gasteiger partial charge on any atom is -0.473 e. The molecule has 6 nitrogen and oxygen atoms in total. The molecular formula is C18H24N4O2. The summed E-state index contributed by atoms with van der Waals surface area (Å²) in [6.07, 6.45) is 1.70. The number of hydrogen-bond donors (Lipinski definition) is 2. The molecule has 0 amide bonds. The van der Waals surface area contributed by atoms with Gasteiger partial charge in [-0.1, -0.05) is 36.4 Å². The van der Waals surface area contributed by atoms with Crippen LogP contribution >= 0.6 is 0 Å². The molecule has 128 valence electrons. The highest BCUT2D eigenvalue weighted by molar-refractivity contribution is 5.78. The quantitative estimate of drug-likeness (QED) is 0.573.